The molecule has 6 nitrogen and oxygen atoms in total. The zero-order valence-electron chi connectivity index (χ0n) is 14.0. The van der Waals surface area contributed by atoms with E-state index in [1.807, 2.05) is 37.7 Å². The number of hydrogen-bond donors (Lipinski definition) is 1. The van der Waals surface area contributed by atoms with E-state index in [9.17, 15) is 0 Å². The minimum atomic E-state index is -0.0451. The van der Waals surface area contributed by atoms with Crippen LogP contribution in [0.5, 0.6) is 5.88 Å². The van der Waals surface area contributed by atoms with E-state index in [0.29, 0.717) is 11.9 Å². The van der Waals surface area contributed by atoms with Crippen molar-refractivity contribution in [2.45, 2.75) is 50.0 Å². The van der Waals surface area contributed by atoms with Crippen LogP contribution in [-0.2, 0) is 11.3 Å². The van der Waals surface area contributed by atoms with Crippen LogP contribution in [0.25, 0.3) is 0 Å². The molecule has 128 valence electrons. The van der Waals surface area contributed by atoms with Crippen LogP contribution in [0.4, 0.5) is 0 Å². The van der Waals surface area contributed by atoms with Gasteiger partial charge in [-0.05, 0) is 25.3 Å². The van der Waals surface area contributed by atoms with Gasteiger partial charge in [0.1, 0.15) is 11.9 Å². The van der Waals surface area contributed by atoms with Gasteiger partial charge in [-0.15, -0.1) is 0 Å². The van der Waals surface area contributed by atoms with E-state index in [-0.39, 0.29) is 11.7 Å². The summed E-state index contributed by atoms with van der Waals surface area (Å²) < 4.78 is 12.1. The van der Waals surface area contributed by atoms with Crippen molar-refractivity contribution in [2.75, 3.05) is 13.7 Å². The summed E-state index contributed by atoms with van der Waals surface area (Å²) >= 11 is 0. The summed E-state index contributed by atoms with van der Waals surface area (Å²) in [5.74, 6) is 1.72. The summed E-state index contributed by atoms with van der Waals surface area (Å²) in [4.78, 5) is 14.4. The molecule has 2 aliphatic rings. The summed E-state index contributed by atoms with van der Waals surface area (Å²) in [6.45, 7) is 1.87. The number of imidazole rings is 1. The average molecular weight is 328 g/mol. The largest absolute Gasteiger partial charge is 0.474 e. The quantitative estimate of drug-likeness (QED) is 0.913. The lowest BCUT2D eigenvalue weighted by molar-refractivity contribution is -0.0845. The van der Waals surface area contributed by atoms with Crippen molar-refractivity contribution in [3.63, 3.8) is 0 Å². The Bertz CT molecular complexity index is 648. The van der Waals surface area contributed by atoms with Gasteiger partial charge in [0.05, 0.1) is 12.1 Å². The number of likely N-dealkylation sites (tertiary alicyclic amines) is 1. The van der Waals surface area contributed by atoms with E-state index >= 15 is 0 Å². The van der Waals surface area contributed by atoms with Crippen molar-refractivity contribution in [3.8, 4) is 5.88 Å². The lowest BCUT2D eigenvalue weighted by Gasteiger charge is -2.43. The highest BCUT2D eigenvalue weighted by Gasteiger charge is 2.51. The molecule has 0 amide bonds. The molecule has 0 bridgehead atoms. The number of nitrogens with zero attached hydrogens (tertiary/aromatic N) is 3. The molecule has 1 saturated carbocycles. The summed E-state index contributed by atoms with van der Waals surface area (Å²) in [6.07, 6.45) is 9.72. The lowest BCUT2D eigenvalue weighted by atomic mass is 9.79. The molecule has 3 atom stereocenters. The van der Waals surface area contributed by atoms with Crippen LogP contribution in [-0.4, -0.2) is 51.3 Å². The van der Waals surface area contributed by atoms with Crippen LogP contribution in [0, 0.1) is 0 Å². The van der Waals surface area contributed by atoms with Crippen LogP contribution in [0.2, 0.25) is 0 Å². The Morgan fingerprint density at radius 3 is 3.00 bits per heavy atom. The molecule has 24 heavy (non-hydrogen) atoms. The van der Waals surface area contributed by atoms with Crippen LogP contribution in [0.1, 0.15) is 31.5 Å². The van der Waals surface area contributed by atoms with Gasteiger partial charge in [-0.25, -0.2) is 9.97 Å². The maximum absolute atomic E-state index is 6.12. The highest BCUT2D eigenvalue weighted by molar-refractivity contribution is 5.12. The zero-order valence-corrected chi connectivity index (χ0v) is 14.0. The summed E-state index contributed by atoms with van der Waals surface area (Å²) in [7, 11) is 1.85. The van der Waals surface area contributed by atoms with Crippen molar-refractivity contribution < 1.29 is 9.47 Å². The minimum Gasteiger partial charge on any atom is -0.474 e. The van der Waals surface area contributed by atoms with Gasteiger partial charge >= 0.3 is 0 Å². The fourth-order valence-corrected chi connectivity index (χ4v) is 4.22. The highest BCUT2D eigenvalue weighted by atomic mass is 16.5. The molecule has 0 aromatic carbocycles. The second kappa shape index (κ2) is 6.53. The number of fused-ring (bicyclic) bond motifs is 1. The molecule has 6 heteroatoms. The van der Waals surface area contributed by atoms with Crippen LogP contribution >= 0.6 is 0 Å². The Morgan fingerprint density at radius 2 is 2.25 bits per heavy atom. The normalized spacial score (nSPS) is 30.2. The fraction of sp³-hybridized carbons (Fsp3) is 0.556. The number of H-pyrrole nitrogens is 1. The Kier molecular flexibility index (Phi) is 4.24. The first-order valence-electron chi connectivity index (χ1n) is 8.64. The maximum atomic E-state index is 6.12. The Morgan fingerprint density at radius 1 is 1.29 bits per heavy atom. The first-order valence-corrected chi connectivity index (χ1v) is 8.64. The minimum absolute atomic E-state index is 0.0451. The second-order valence-corrected chi connectivity index (χ2v) is 6.72. The molecule has 3 heterocycles. The third kappa shape index (κ3) is 2.91. The lowest BCUT2D eigenvalue weighted by Crippen LogP contribution is -2.52. The summed E-state index contributed by atoms with van der Waals surface area (Å²) in [5.41, 5.74) is -0.0451. The second-order valence-electron chi connectivity index (χ2n) is 6.72. The molecule has 1 aliphatic carbocycles. The number of aromatic nitrogens is 3. The standard InChI is InChI=1S/C18H24N4O2/c1-23-18-6-5-14(24-17-4-2-3-8-21-17)12-15(18)22(11-7-18)13-16-19-9-10-20-16/h2-4,8-10,14-15H,5-7,11-13H2,1H3,(H,19,20). The van der Waals surface area contributed by atoms with Gasteiger partial charge < -0.3 is 14.5 Å². The molecule has 4 rings (SSSR count). The number of aromatic amines is 1. The van der Waals surface area contributed by atoms with Crippen LogP contribution in [0.15, 0.2) is 36.8 Å². The predicted molar refractivity (Wildman–Crippen MR) is 89.6 cm³/mol. The summed E-state index contributed by atoms with van der Waals surface area (Å²) in [6, 6.07) is 6.15. The van der Waals surface area contributed by atoms with Crippen molar-refractivity contribution in [1.29, 1.82) is 0 Å². The van der Waals surface area contributed by atoms with E-state index < -0.39 is 0 Å². The van der Waals surface area contributed by atoms with Gasteiger partial charge in [-0.1, -0.05) is 6.07 Å². The van der Waals surface area contributed by atoms with Gasteiger partial charge in [0.2, 0.25) is 5.88 Å². The van der Waals surface area contributed by atoms with E-state index in [4.69, 9.17) is 9.47 Å². The number of ether oxygens (including phenoxy) is 2. The molecule has 2 aromatic heterocycles. The van der Waals surface area contributed by atoms with Crippen molar-refractivity contribution in [2.24, 2.45) is 0 Å². The summed E-state index contributed by atoms with van der Waals surface area (Å²) in [5, 5.41) is 0. The number of pyridine rings is 1. The first-order chi connectivity index (χ1) is 11.8. The Hall–Kier alpha value is -1.92. The van der Waals surface area contributed by atoms with Crippen molar-refractivity contribution in [3.05, 3.63) is 42.6 Å². The molecule has 1 aliphatic heterocycles. The number of nitrogens with one attached hydrogen (secondary N) is 1. The third-order valence-corrected chi connectivity index (χ3v) is 5.49. The van der Waals surface area contributed by atoms with Gasteiger partial charge in [-0.3, -0.25) is 4.90 Å². The molecule has 3 unspecified atom stereocenters. The SMILES string of the molecule is COC12CCC(Oc3ccccn3)CC1N(Cc1ncc[nH]1)CC2. The van der Waals surface area contributed by atoms with Gasteiger partial charge in [0.15, 0.2) is 0 Å². The average Bonchev–Trinajstić information content (AvgIpc) is 3.25. The van der Waals surface area contributed by atoms with Crippen molar-refractivity contribution in [1.82, 2.24) is 19.9 Å². The van der Waals surface area contributed by atoms with Crippen molar-refractivity contribution >= 4 is 0 Å². The molecular formula is C18H24N4O2. The molecule has 0 radical (unpaired) electrons. The van der Waals surface area contributed by atoms with E-state index in [0.717, 1.165) is 44.6 Å². The molecule has 1 saturated heterocycles. The maximum Gasteiger partial charge on any atom is 0.213 e. The fourth-order valence-electron chi connectivity index (χ4n) is 4.22. The third-order valence-electron chi connectivity index (χ3n) is 5.49. The number of methoxy groups -OCH3 is 1. The molecular weight excluding hydrogens is 304 g/mol. The topological polar surface area (TPSA) is 63.3 Å². The van der Waals surface area contributed by atoms with Gasteiger partial charge in [-0.2, -0.15) is 0 Å². The number of rotatable bonds is 5. The molecule has 0 spiro atoms. The Labute approximate surface area is 142 Å². The Balaban J connectivity index is 1.48. The smallest absolute Gasteiger partial charge is 0.213 e. The molecule has 2 fully saturated rings. The van der Waals surface area contributed by atoms with E-state index in [1.54, 1.807) is 6.20 Å². The molecule has 2 aromatic rings. The van der Waals surface area contributed by atoms with Gasteiger partial charge in [0.25, 0.3) is 0 Å². The van der Waals surface area contributed by atoms with Gasteiger partial charge in [0, 0.05) is 50.8 Å². The van der Waals surface area contributed by atoms with Crippen LogP contribution < -0.4 is 4.74 Å². The zero-order chi connectivity index (χ0) is 16.4. The van der Waals surface area contributed by atoms with E-state index in [2.05, 4.69) is 19.9 Å². The monoisotopic (exact) mass is 328 g/mol. The predicted octanol–water partition coefficient (Wildman–Crippen LogP) is 2.40. The van der Waals surface area contributed by atoms with E-state index in [1.165, 1.54) is 0 Å². The first kappa shape index (κ1) is 15.6. The highest BCUT2D eigenvalue weighted by Crippen LogP contribution is 2.43. The van der Waals surface area contributed by atoms with Crippen LogP contribution in [0.3, 0.4) is 0 Å². The molecule has 1 N–H and O–H groups in total. The number of hydrogen-bond acceptors (Lipinski definition) is 5.